The second-order valence-electron chi connectivity index (χ2n) is 3.56. The van der Waals surface area contributed by atoms with E-state index in [0.717, 1.165) is 25.8 Å². The van der Waals surface area contributed by atoms with Gasteiger partial charge in [0.2, 0.25) is 0 Å². The molecule has 0 saturated heterocycles. The van der Waals surface area contributed by atoms with E-state index in [-0.39, 0.29) is 0 Å². The second kappa shape index (κ2) is 5.62. The molecule has 0 spiro atoms. The van der Waals surface area contributed by atoms with Crippen molar-refractivity contribution in [2.75, 3.05) is 0 Å². The van der Waals surface area contributed by atoms with Gasteiger partial charge in [0.1, 0.15) is 17.4 Å². The van der Waals surface area contributed by atoms with E-state index >= 15 is 0 Å². The SMILES string of the molecule is Cc1nc(COc2ccc(Br)cc2)sc1CN. The van der Waals surface area contributed by atoms with E-state index in [4.69, 9.17) is 10.5 Å². The molecule has 0 saturated carbocycles. The van der Waals surface area contributed by atoms with Crippen molar-refractivity contribution in [3.63, 3.8) is 0 Å². The van der Waals surface area contributed by atoms with E-state index in [1.807, 2.05) is 31.2 Å². The molecule has 0 atom stereocenters. The lowest BCUT2D eigenvalue weighted by atomic mass is 10.3. The van der Waals surface area contributed by atoms with Crippen LogP contribution in [-0.2, 0) is 13.2 Å². The number of ether oxygens (including phenoxy) is 1. The van der Waals surface area contributed by atoms with Gasteiger partial charge in [0.05, 0.1) is 5.69 Å². The number of hydrogen-bond donors (Lipinski definition) is 1. The van der Waals surface area contributed by atoms with Crippen LogP contribution >= 0.6 is 27.3 Å². The van der Waals surface area contributed by atoms with Gasteiger partial charge in [0, 0.05) is 15.9 Å². The molecule has 0 aliphatic rings. The fraction of sp³-hybridized carbons (Fsp3) is 0.250. The number of halogens is 1. The Hall–Kier alpha value is -0.910. The van der Waals surface area contributed by atoms with Crippen molar-refractivity contribution in [2.45, 2.75) is 20.1 Å². The molecule has 0 unspecified atom stereocenters. The molecule has 2 N–H and O–H groups in total. The third kappa shape index (κ3) is 3.28. The maximum Gasteiger partial charge on any atom is 0.140 e. The number of nitrogens with two attached hydrogens (primary N) is 1. The summed E-state index contributed by atoms with van der Waals surface area (Å²) in [5.41, 5.74) is 6.62. The van der Waals surface area contributed by atoms with Crippen LogP contribution < -0.4 is 10.5 Å². The molecule has 0 amide bonds. The lowest BCUT2D eigenvalue weighted by molar-refractivity contribution is 0.305. The summed E-state index contributed by atoms with van der Waals surface area (Å²) < 4.78 is 6.69. The van der Waals surface area contributed by atoms with Crippen LogP contribution in [0, 0.1) is 6.92 Å². The Balaban J connectivity index is 1.99. The Bertz CT molecular complexity index is 496. The molecular formula is C12H13BrN2OS. The topological polar surface area (TPSA) is 48.1 Å². The van der Waals surface area contributed by atoms with E-state index in [0.29, 0.717) is 13.2 Å². The highest BCUT2D eigenvalue weighted by Crippen LogP contribution is 2.21. The number of rotatable bonds is 4. The van der Waals surface area contributed by atoms with Crippen LogP contribution in [0.5, 0.6) is 5.75 Å². The average Bonchev–Trinajstić information content (AvgIpc) is 2.69. The number of thiazole rings is 1. The Kier molecular flexibility index (Phi) is 4.15. The molecular weight excluding hydrogens is 300 g/mol. The van der Waals surface area contributed by atoms with Crippen LogP contribution in [-0.4, -0.2) is 4.98 Å². The third-order valence-corrected chi connectivity index (χ3v) is 3.98. The van der Waals surface area contributed by atoms with Crippen molar-refractivity contribution in [3.05, 3.63) is 44.3 Å². The predicted molar refractivity (Wildman–Crippen MR) is 73.2 cm³/mol. The standard InChI is InChI=1S/C12H13BrN2OS/c1-8-11(6-14)17-12(15-8)7-16-10-4-2-9(13)3-5-10/h2-5H,6-7,14H2,1H3. The third-order valence-electron chi connectivity index (χ3n) is 2.30. The molecule has 5 heteroatoms. The van der Waals surface area contributed by atoms with Crippen LogP contribution in [0.25, 0.3) is 0 Å². The molecule has 2 rings (SSSR count). The maximum atomic E-state index is 5.65. The molecule has 17 heavy (non-hydrogen) atoms. The van der Waals surface area contributed by atoms with Crippen molar-refractivity contribution in [1.82, 2.24) is 4.98 Å². The number of benzene rings is 1. The molecule has 90 valence electrons. The van der Waals surface area contributed by atoms with Gasteiger partial charge in [-0.25, -0.2) is 4.98 Å². The van der Waals surface area contributed by atoms with E-state index in [1.165, 1.54) is 0 Å². The summed E-state index contributed by atoms with van der Waals surface area (Å²) >= 11 is 5.00. The van der Waals surface area contributed by atoms with Crippen LogP contribution in [0.2, 0.25) is 0 Å². The van der Waals surface area contributed by atoms with Gasteiger partial charge in [-0.05, 0) is 31.2 Å². The quantitative estimate of drug-likeness (QED) is 0.942. The lowest BCUT2D eigenvalue weighted by Gasteiger charge is -2.03. The van der Waals surface area contributed by atoms with Gasteiger partial charge in [0.25, 0.3) is 0 Å². The molecule has 0 radical (unpaired) electrons. The van der Waals surface area contributed by atoms with Crippen LogP contribution in [0.3, 0.4) is 0 Å². The first kappa shape index (κ1) is 12.5. The molecule has 1 aromatic heterocycles. The molecule has 2 aromatic rings. The Morgan fingerprint density at radius 3 is 2.65 bits per heavy atom. The first-order valence-corrected chi connectivity index (χ1v) is 6.83. The van der Waals surface area contributed by atoms with Crippen molar-refractivity contribution in [1.29, 1.82) is 0 Å². The normalized spacial score (nSPS) is 10.5. The molecule has 1 aromatic carbocycles. The number of nitrogens with zero attached hydrogens (tertiary/aromatic N) is 1. The molecule has 0 aliphatic carbocycles. The van der Waals surface area contributed by atoms with Gasteiger partial charge in [-0.1, -0.05) is 15.9 Å². The van der Waals surface area contributed by atoms with Gasteiger partial charge in [-0.15, -0.1) is 11.3 Å². The summed E-state index contributed by atoms with van der Waals surface area (Å²) in [7, 11) is 0. The molecule has 0 bridgehead atoms. The van der Waals surface area contributed by atoms with Crippen LogP contribution in [0.4, 0.5) is 0 Å². The highest BCUT2D eigenvalue weighted by molar-refractivity contribution is 9.10. The zero-order chi connectivity index (χ0) is 12.3. The van der Waals surface area contributed by atoms with Gasteiger partial charge < -0.3 is 10.5 Å². The smallest absolute Gasteiger partial charge is 0.140 e. The van der Waals surface area contributed by atoms with Gasteiger partial charge in [-0.2, -0.15) is 0 Å². The Morgan fingerprint density at radius 2 is 2.06 bits per heavy atom. The number of hydrogen-bond acceptors (Lipinski definition) is 4. The van der Waals surface area contributed by atoms with Gasteiger partial charge in [0.15, 0.2) is 0 Å². The minimum Gasteiger partial charge on any atom is -0.486 e. The summed E-state index contributed by atoms with van der Waals surface area (Å²) in [6.07, 6.45) is 0. The fourth-order valence-electron chi connectivity index (χ4n) is 1.42. The summed E-state index contributed by atoms with van der Waals surface area (Å²) in [5, 5.41) is 0.964. The summed E-state index contributed by atoms with van der Waals surface area (Å²) in [6, 6.07) is 7.75. The molecule has 1 heterocycles. The van der Waals surface area contributed by atoms with Crippen LogP contribution in [0.1, 0.15) is 15.6 Å². The summed E-state index contributed by atoms with van der Waals surface area (Å²) in [4.78, 5) is 5.54. The lowest BCUT2D eigenvalue weighted by Crippen LogP contribution is -1.94. The first-order chi connectivity index (χ1) is 8.19. The molecule has 0 aliphatic heterocycles. The van der Waals surface area contributed by atoms with Crippen molar-refractivity contribution in [3.8, 4) is 5.75 Å². The van der Waals surface area contributed by atoms with Crippen molar-refractivity contribution < 1.29 is 4.74 Å². The van der Waals surface area contributed by atoms with Gasteiger partial charge in [-0.3, -0.25) is 0 Å². The summed E-state index contributed by atoms with van der Waals surface area (Å²) in [6.45, 7) is 3.01. The van der Waals surface area contributed by atoms with E-state index in [9.17, 15) is 0 Å². The largest absolute Gasteiger partial charge is 0.486 e. The highest BCUT2D eigenvalue weighted by Gasteiger charge is 2.06. The minimum atomic E-state index is 0.493. The summed E-state index contributed by atoms with van der Waals surface area (Å²) in [5.74, 6) is 0.843. The van der Waals surface area contributed by atoms with Gasteiger partial charge >= 0.3 is 0 Å². The van der Waals surface area contributed by atoms with Crippen LogP contribution in [0.15, 0.2) is 28.7 Å². The van der Waals surface area contributed by atoms with E-state index in [2.05, 4.69) is 20.9 Å². The first-order valence-electron chi connectivity index (χ1n) is 5.22. The molecule has 0 fully saturated rings. The average molecular weight is 313 g/mol. The maximum absolute atomic E-state index is 5.65. The Morgan fingerprint density at radius 1 is 1.35 bits per heavy atom. The van der Waals surface area contributed by atoms with E-state index in [1.54, 1.807) is 11.3 Å². The minimum absolute atomic E-state index is 0.493. The number of aryl methyl sites for hydroxylation is 1. The Labute approximate surface area is 113 Å². The number of aromatic nitrogens is 1. The zero-order valence-electron chi connectivity index (χ0n) is 9.44. The van der Waals surface area contributed by atoms with Crippen molar-refractivity contribution >= 4 is 27.3 Å². The fourth-order valence-corrected chi connectivity index (χ4v) is 2.54. The second-order valence-corrected chi connectivity index (χ2v) is 5.65. The van der Waals surface area contributed by atoms with E-state index < -0.39 is 0 Å². The van der Waals surface area contributed by atoms with Crippen molar-refractivity contribution in [2.24, 2.45) is 5.73 Å². The highest BCUT2D eigenvalue weighted by atomic mass is 79.9. The molecule has 3 nitrogen and oxygen atoms in total. The monoisotopic (exact) mass is 312 g/mol. The predicted octanol–water partition coefficient (Wildman–Crippen LogP) is 3.25. The zero-order valence-corrected chi connectivity index (χ0v) is 11.8.